The van der Waals surface area contributed by atoms with Crippen LogP contribution in [0.4, 0.5) is 5.69 Å². The van der Waals surface area contributed by atoms with E-state index in [4.69, 9.17) is 4.74 Å². The van der Waals surface area contributed by atoms with Crippen molar-refractivity contribution in [1.82, 2.24) is 9.78 Å². The third-order valence-electron chi connectivity index (χ3n) is 5.80. The summed E-state index contributed by atoms with van der Waals surface area (Å²) in [6, 6.07) is 14.6. The lowest BCUT2D eigenvalue weighted by atomic mass is 10.1. The molecule has 2 aromatic carbocycles. The Morgan fingerprint density at radius 3 is 2.56 bits per heavy atom. The van der Waals surface area contributed by atoms with Crippen molar-refractivity contribution in [2.75, 3.05) is 18.1 Å². The van der Waals surface area contributed by atoms with Crippen LogP contribution in [0, 0.1) is 0 Å². The molecule has 7 nitrogen and oxygen atoms in total. The van der Waals surface area contributed by atoms with Gasteiger partial charge in [-0.2, -0.15) is 5.10 Å². The summed E-state index contributed by atoms with van der Waals surface area (Å²) in [4.78, 5) is 40.1. The van der Waals surface area contributed by atoms with Gasteiger partial charge in [0.25, 0.3) is 11.5 Å². The smallest absolute Gasteiger partial charge is 0.359 e. The van der Waals surface area contributed by atoms with Gasteiger partial charge >= 0.3 is 5.97 Å². The molecule has 2 heterocycles. The zero-order valence-corrected chi connectivity index (χ0v) is 18.3. The average molecular weight is 434 g/mol. The number of rotatable bonds is 8. The van der Waals surface area contributed by atoms with Gasteiger partial charge in [0.15, 0.2) is 12.3 Å². The Balaban J connectivity index is 1.52. The minimum atomic E-state index is -0.704. The zero-order chi connectivity index (χ0) is 22.5. The van der Waals surface area contributed by atoms with E-state index in [1.54, 1.807) is 29.2 Å². The Morgan fingerprint density at radius 2 is 1.75 bits per heavy atom. The lowest BCUT2D eigenvalue weighted by Gasteiger charge is -2.17. The molecule has 1 aromatic heterocycles. The first-order valence-corrected chi connectivity index (χ1v) is 11.2. The molecule has 7 heteroatoms. The van der Waals surface area contributed by atoms with Crippen molar-refractivity contribution in [2.45, 2.75) is 45.6 Å². The van der Waals surface area contributed by atoms with Crippen LogP contribution in [0.3, 0.4) is 0 Å². The molecule has 4 rings (SSSR count). The van der Waals surface area contributed by atoms with Crippen LogP contribution in [0.1, 0.15) is 48.7 Å². The number of hydrogen-bond acceptors (Lipinski definition) is 5. The van der Waals surface area contributed by atoms with Crippen LogP contribution in [-0.4, -0.2) is 34.8 Å². The summed E-state index contributed by atoms with van der Waals surface area (Å²) in [6.07, 6.45) is 4.75. The summed E-state index contributed by atoms with van der Waals surface area (Å²) in [7, 11) is 0. The number of aryl methyl sites for hydroxylation is 1. The number of esters is 1. The first-order valence-electron chi connectivity index (χ1n) is 11.2. The summed E-state index contributed by atoms with van der Waals surface area (Å²) in [6.45, 7) is 2.75. The third-order valence-corrected chi connectivity index (χ3v) is 5.80. The molecule has 0 N–H and O–H groups in total. The Labute approximate surface area is 186 Å². The number of ether oxygens (including phenoxy) is 1. The minimum Gasteiger partial charge on any atom is -0.451 e. The van der Waals surface area contributed by atoms with Gasteiger partial charge in [-0.25, -0.2) is 9.48 Å². The van der Waals surface area contributed by atoms with Crippen molar-refractivity contribution in [1.29, 1.82) is 0 Å². The SMILES string of the molecule is CCCCCCn1nc(C(=O)OCC(=O)N2CCc3ccccc32)c2ccccc2c1=O. The molecule has 3 aromatic rings. The van der Waals surface area contributed by atoms with Crippen molar-refractivity contribution in [3.05, 3.63) is 70.1 Å². The van der Waals surface area contributed by atoms with Gasteiger partial charge in [-0.05, 0) is 30.5 Å². The summed E-state index contributed by atoms with van der Waals surface area (Å²) in [5.74, 6) is -0.982. The summed E-state index contributed by atoms with van der Waals surface area (Å²) in [5, 5.41) is 5.17. The quantitative estimate of drug-likeness (QED) is 0.399. The molecular formula is C25H27N3O4. The van der Waals surface area contributed by atoms with Crippen molar-refractivity contribution in [2.24, 2.45) is 0 Å². The van der Waals surface area contributed by atoms with E-state index in [2.05, 4.69) is 12.0 Å². The van der Waals surface area contributed by atoms with Crippen LogP contribution in [0.15, 0.2) is 53.3 Å². The number of unbranched alkanes of at least 4 members (excludes halogenated alkanes) is 3. The Kier molecular flexibility index (Phi) is 6.63. The number of fused-ring (bicyclic) bond motifs is 2. The van der Waals surface area contributed by atoms with Gasteiger partial charge in [-0.3, -0.25) is 9.59 Å². The van der Waals surface area contributed by atoms with Crippen LogP contribution < -0.4 is 10.5 Å². The number of anilines is 1. The summed E-state index contributed by atoms with van der Waals surface area (Å²) >= 11 is 0. The fourth-order valence-electron chi connectivity index (χ4n) is 4.10. The molecule has 0 spiro atoms. The van der Waals surface area contributed by atoms with E-state index in [0.29, 0.717) is 23.9 Å². The highest BCUT2D eigenvalue weighted by molar-refractivity contribution is 6.03. The molecule has 1 aliphatic heterocycles. The normalized spacial score (nSPS) is 12.7. The molecule has 1 amide bonds. The highest BCUT2D eigenvalue weighted by atomic mass is 16.5. The molecule has 0 aliphatic carbocycles. The molecular weight excluding hydrogens is 406 g/mol. The second kappa shape index (κ2) is 9.77. The van der Waals surface area contributed by atoms with E-state index < -0.39 is 5.97 Å². The predicted octanol–water partition coefficient (Wildman–Crippen LogP) is 3.72. The maximum atomic E-state index is 12.9. The minimum absolute atomic E-state index is 0.0605. The molecule has 0 saturated heterocycles. The van der Waals surface area contributed by atoms with Gasteiger partial charge in [0.1, 0.15) is 0 Å². The third kappa shape index (κ3) is 4.42. The molecule has 0 radical (unpaired) electrons. The largest absolute Gasteiger partial charge is 0.451 e. The molecule has 1 aliphatic rings. The van der Waals surface area contributed by atoms with Crippen molar-refractivity contribution in [3.8, 4) is 0 Å². The highest BCUT2D eigenvalue weighted by Crippen LogP contribution is 2.27. The van der Waals surface area contributed by atoms with E-state index in [9.17, 15) is 14.4 Å². The van der Waals surface area contributed by atoms with Gasteiger partial charge in [-0.15, -0.1) is 0 Å². The number of carbonyl (C=O) groups is 2. The molecule has 0 atom stereocenters. The number of hydrogen-bond donors (Lipinski definition) is 0. The van der Waals surface area contributed by atoms with Crippen LogP contribution in [0.25, 0.3) is 10.8 Å². The Hall–Kier alpha value is -3.48. The molecule has 0 bridgehead atoms. The maximum absolute atomic E-state index is 12.9. The molecule has 166 valence electrons. The van der Waals surface area contributed by atoms with E-state index in [-0.39, 0.29) is 23.8 Å². The lowest BCUT2D eigenvalue weighted by Crippen LogP contribution is -2.33. The van der Waals surface area contributed by atoms with Crippen molar-refractivity contribution < 1.29 is 14.3 Å². The van der Waals surface area contributed by atoms with E-state index in [0.717, 1.165) is 43.4 Å². The van der Waals surface area contributed by atoms with Crippen molar-refractivity contribution >= 4 is 28.3 Å². The number of amides is 1. The van der Waals surface area contributed by atoms with Gasteiger partial charge < -0.3 is 9.64 Å². The van der Waals surface area contributed by atoms with Gasteiger partial charge in [-0.1, -0.05) is 62.6 Å². The standard InChI is InChI=1S/C25H27N3O4/c1-2-3-4-9-15-28-24(30)20-12-7-6-11-19(20)23(26-28)25(31)32-17-22(29)27-16-14-18-10-5-8-13-21(18)27/h5-8,10-13H,2-4,9,14-17H2,1H3. The Morgan fingerprint density at radius 1 is 1.00 bits per heavy atom. The second-order valence-corrected chi connectivity index (χ2v) is 7.98. The van der Waals surface area contributed by atoms with E-state index in [1.165, 1.54) is 4.68 Å². The fraction of sp³-hybridized carbons (Fsp3) is 0.360. The van der Waals surface area contributed by atoms with Crippen LogP contribution in [0.5, 0.6) is 0 Å². The number of aromatic nitrogens is 2. The van der Waals surface area contributed by atoms with Gasteiger partial charge in [0, 0.05) is 24.2 Å². The molecule has 32 heavy (non-hydrogen) atoms. The zero-order valence-electron chi connectivity index (χ0n) is 18.3. The maximum Gasteiger partial charge on any atom is 0.359 e. The molecule has 0 saturated carbocycles. The average Bonchev–Trinajstić information content (AvgIpc) is 3.26. The van der Waals surface area contributed by atoms with E-state index in [1.807, 2.05) is 24.3 Å². The predicted molar refractivity (Wildman–Crippen MR) is 123 cm³/mol. The van der Waals surface area contributed by atoms with Crippen LogP contribution in [0.2, 0.25) is 0 Å². The van der Waals surface area contributed by atoms with Crippen LogP contribution in [-0.2, 0) is 22.5 Å². The van der Waals surface area contributed by atoms with Crippen LogP contribution >= 0.6 is 0 Å². The topological polar surface area (TPSA) is 81.5 Å². The number of carbonyl (C=O) groups excluding carboxylic acids is 2. The van der Waals surface area contributed by atoms with Crippen molar-refractivity contribution in [3.63, 3.8) is 0 Å². The number of para-hydroxylation sites is 1. The van der Waals surface area contributed by atoms with Gasteiger partial charge in [0.2, 0.25) is 0 Å². The first-order chi connectivity index (χ1) is 15.6. The first kappa shape index (κ1) is 21.7. The molecule has 0 fully saturated rings. The van der Waals surface area contributed by atoms with Gasteiger partial charge in [0.05, 0.1) is 5.39 Å². The fourth-order valence-corrected chi connectivity index (χ4v) is 4.10. The highest BCUT2D eigenvalue weighted by Gasteiger charge is 2.26. The monoisotopic (exact) mass is 433 g/mol. The summed E-state index contributed by atoms with van der Waals surface area (Å²) in [5.41, 5.74) is 1.80. The lowest BCUT2D eigenvalue weighted by molar-refractivity contribution is -0.121. The Bertz CT molecular complexity index is 1200. The van der Waals surface area contributed by atoms with E-state index >= 15 is 0 Å². The number of nitrogens with zero attached hydrogens (tertiary/aromatic N) is 3. The number of benzene rings is 2. The second-order valence-electron chi connectivity index (χ2n) is 7.98. The summed E-state index contributed by atoms with van der Waals surface area (Å²) < 4.78 is 6.70. The molecule has 0 unspecified atom stereocenters.